The van der Waals surface area contributed by atoms with Crippen LogP contribution in [0.3, 0.4) is 0 Å². The third-order valence-electron chi connectivity index (χ3n) is 2.97. The average Bonchev–Trinajstić information content (AvgIpc) is 2.52. The highest BCUT2D eigenvalue weighted by molar-refractivity contribution is 6.01. The molecule has 0 saturated heterocycles. The molecule has 1 amide bonds. The van der Waals surface area contributed by atoms with Gasteiger partial charge in [0.1, 0.15) is 5.75 Å². The summed E-state index contributed by atoms with van der Waals surface area (Å²) >= 11 is 0. The van der Waals surface area contributed by atoms with E-state index in [0.29, 0.717) is 17.0 Å². The lowest BCUT2D eigenvalue weighted by Crippen LogP contribution is -2.14. The van der Waals surface area contributed by atoms with Crippen molar-refractivity contribution in [2.75, 3.05) is 19.5 Å². The van der Waals surface area contributed by atoms with Crippen molar-refractivity contribution in [1.29, 1.82) is 0 Å². The number of esters is 1. The minimum Gasteiger partial charge on any atom is -0.497 e. The zero-order valence-corrected chi connectivity index (χ0v) is 11.9. The van der Waals surface area contributed by atoms with E-state index in [2.05, 4.69) is 15.0 Å². The number of fused-ring (bicyclic) bond motifs is 1. The van der Waals surface area contributed by atoms with Crippen molar-refractivity contribution in [2.45, 2.75) is 12.8 Å². The van der Waals surface area contributed by atoms with Crippen LogP contribution in [0.1, 0.15) is 12.8 Å². The van der Waals surface area contributed by atoms with Crippen molar-refractivity contribution in [1.82, 2.24) is 4.98 Å². The number of aromatic nitrogens is 1. The summed E-state index contributed by atoms with van der Waals surface area (Å²) in [7, 11) is 2.85. The lowest BCUT2D eigenvalue weighted by molar-refractivity contribution is -0.141. The van der Waals surface area contributed by atoms with E-state index >= 15 is 0 Å². The van der Waals surface area contributed by atoms with Gasteiger partial charge in [0, 0.05) is 24.1 Å². The molecule has 0 saturated carbocycles. The summed E-state index contributed by atoms with van der Waals surface area (Å²) in [6.45, 7) is 0. The van der Waals surface area contributed by atoms with Gasteiger partial charge in [0.25, 0.3) is 0 Å². The number of hydrogen-bond donors (Lipinski definition) is 1. The second-order valence-corrected chi connectivity index (χ2v) is 4.37. The van der Waals surface area contributed by atoms with Gasteiger partial charge in [0.15, 0.2) is 0 Å². The Balaban J connectivity index is 2.20. The van der Waals surface area contributed by atoms with Crippen molar-refractivity contribution in [3.8, 4) is 5.75 Å². The minimum atomic E-state index is -0.418. The molecule has 6 heteroatoms. The molecule has 1 aromatic heterocycles. The maximum atomic E-state index is 11.9. The molecule has 6 nitrogen and oxygen atoms in total. The van der Waals surface area contributed by atoms with Crippen LogP contribution in [0, 0.1) is 0 Å². The topological polar surface area (TPSA) is 77.5 Å². The Morgan fingerprint density at radius 2 is 2.05 bits per heavy atom. The molecule has 0 aliphatic heterocycles. The second-order valence-electron chi connectivity index (χ2n) is 4.37. The Kier molecular flexibility index (Phi) is 4.71. The lowest BCUT2D eigenvalue weighted by Gasteiger charge is -2.10. The minimum absolute atomic E-state index is 0.0393. The number of pyridine rings is 1. The summed E-state index contributed by atoms with van der Waals surface area (Å²) in [5, 5.41) is 3.61. The fraction of sp³-hybridized carbons (Fsp3) is 0.267. The largest absolute Gasteiger partial charge is 0.497 e. The third kappa shape index (κ3) is 3.68. The molecule has 1 aromatic carbocycles. The van der Waals surface area contributed by atoms with Crippen LogP contribution in [0.4, 0.5) is 5.69 Å². The highest BCUT2D eigenvalue weighted by atomic mass is 16.5. The Labute approximate surface area is 122 Å². The first kappa shape index (κ1) is 14.8. The number of anilines is 1. The van der Waals surface area contributed by atoms with E-state index in [9.17, 15) is 9.59 Å². The number of nitrogens with zero attached hydrogens (tertiary/aromatic N) is 1. The van der Waals surface area contributed by atoms with Crippen LogP contribution in [0.2, 0.25) is 0 Å². The van der Waals surface area contributed by atoms with Gasteiger partial charge in [0.2, 0.25) is 5.91 Å². The number of amides is 1. The number of hydrogen-bond acceptors (Lipinski definition) is 5. The standard InChI is InChI=1S/C15H16N2O4/c1-20-11-8-10-4-3-7-16-15(10)12(9-11)17-13(18)5-6-14(19)21-2/h3-4,7-9H,5-6H2,1-2H3,(H,17,18). The number of rotatable bonds is 5. The molecule has 2 aromatic rings. The van der Waals surface area contributed by atoms with Crippen LogP contribution < -0.4 is 10.1 Å². The normalized spacial score (nSPS) is 10.2. The average molecular weight is 288 g/mol. The Hall–Kier alpha value is -2.63. The third-order valence-corrected chi connectivity index (χ3v) is 2.97. The molecule has 0 aliphatic carbocycles. The Morgan fingerprint density at radius 3 is 2.76 bits per heavy atom. The van der Waals surface area contributed by atoms with E-state index in [4.69, 9.17) is 4.74 Å². The van der Waals surface area contributed by atoms with Crippen LogP contribution in [-0.4, -0.2) is 31.1 Å². The van der Waals surface area contributed by atoms with Gasteiger partial charge in [-0.05, 0) is 12.1 Å². The van der Waals surface area contributed by atoms with Gasteiger partial charge in [-0.1, -0.05) is 6.07 Å². The summed E-state index contributed by atoms with van der Waals surface area (Å²) in [5.74, 6) is -0.0712. The van der Waals surface area contributed by atoms with Crippen molar-refractivity contribution < 1.29 is 19.1 Å². The predicted octanol–water partition coefficient (Wildman–Crippen LogP) is 2.14. The first-order chi connectivity index (χ1) is 10.1. The summed E-state index contributed by atoms with van der Waals surface area (Å²) in [6, 6.07) is 7.23. The highest BCUT2D eigenvalue weighted by Gasteiger charge is 2.11. The fourth-order valence-electron chi connectivity index (χ4n) is 1.91. The van der Waals surface area contributed by atoms with Crippen LogP contribution in [0.15, 0.2) is 30.5 Å². The fourth-order valence-corrected chi connectivity index (χ4v) is 1.91. The first-order valence-electron chi connectivity index (χ1n) is 6.43. The molecule has 110 valence electrons. The molecule has 0 fully saturated rings. The van der Waals surface area contributed by atoms with E-state index in [0.717, 1.165) is 5.39 Å². The zero-order chi connectivity index (χ0) is 15.2. The van der Waals surface area contributed by atoms with Gasteiger partial charge in [-0.2, -0.15) is 0 Å². The molecule has 0 unspecified atom stereocenters. The maximum Gasteiger partial charge on any atom is 0.306 e. The molecule has 0 spiro atoms. The van der Waals surface area contributed by atoms with E-state index in [1.54, 1.807) is 19.4 Å². The monoisotopic (exact) mass is 288 g/mol. The van der Waals surface area contributed by atoms with Gasteiger partial charge in [0.05, 0.1) is 31.8 Å². The number of carbonyl (C=O) groups excluding carboxylic acids is 2. The van der Waals surface area contributed by atoms with Crippen LogP contribution in [0.25, 0.3) is 10.9 Å². The molecule has 0 aliphatic rings. The lowest BCUT2D eigenvalue weighted by atomic mass is 10.1. The summed E-state index contributed by atoms with van der Waals surface area (Å²) in [6.07, 6.45) is 1.74. The maximum absolute atomic E-state index is 11.9. The molecular formula is C15H16N2O4. The summed E-state index contributed by atoms with van der Waals surface area (Å²) in [5.41, 5.74) is 1.23. The molecule has 0 radical (unpaired) electrons. The molecule has 1 heterocycles. The predicted molar refractivity (Wildman–Crippen MR) is 78.2 cm³/mol. The number of ether oxygens (including phenoxy) is 2. The summed E-state index contributed by atoms with van der Waals surface area (Å²) in [4.78, 5) is 27.2. The van der Waals surface area contributed by atoms with Gasteiger partial charge in [-0.25, -0.2) is 0 Å². The van der Waals surface area contributed by atoms with Crippen LogP contribution >= 0.6 is 0 Å². The summed E-state index contributed by atoms with van der Waals surface area (Å²) < 4.78 is 9.71. The molecule has 21 heavy (non-hydrogen) atoms. The van der Waals surface area contributed by atoms with E-state index in [-0.39, 0.29) is 18.7 Å². The smallest absolute Gasteiger partial charge is 0.306 e. The second kappa shape index (κ2) is 6.69. The van der Waals surface area contributed by atoms with Crippen molar-refractivity contribution in [3.63, 3.8) is 0 Å². The quantitative estimate of drug-likeness (QED) is 0.853. The Bertz CT molecular complexity index is 670. The van der Waals surface area contributed by atoms with E-state index < -0.39 is 5.97 Å². The van der Waals surface area contributed by atoms with Crippen molar-refractivity contribution in [3.05, 3.63) is 30.5 Å². The van der Waals surface area contributed by atoms with E-state index in [1.807, 2.05) is 18.2 Å². The molecule has 0 bridgehead atoms. The number of carbonyl (C=O) groups is 2. The van der Waals surface area contributed by atoms with Crippen molar-refractivity contribution >= 4 is 28.5 Å². The molecule has 2 rings (SSSR count). The van der Waals surface area contributed by atoms with E-state index in [1.165, 1.54) is 7.11 Å². The molecule has 1 N–H and O–H groups in total. The SMILES string of the molecule is COC(=O)CCC(=O)Nc1cc(OC)cc2cccnc12. The first-order valence-corrected chi connectivity index (χ1v) is 6.43. The molecular weight excluding hydrogens is 272 g/mol. The number of nitrogens with one attached hydrogen (secondary N) is 1. The highest BCUT2D eigenvalue weighted by Crippen LogP contribution is 2.27. The Morgan fingerprint density at radius 1 is 1.24 bits per heavy atom. The van der Waals surface area contributed by atoms with Gasteiger partial charge >= 0.3 is 5.97 Å². The van der Waals surface area contributed by atoms with Crippen LogP contribution in [-0.2, 0) is 14.3 Å². The van der Waals surface area contributed by atoms with Gasteiger partial charge in [-0.3, -0.25) is 14.6 Å². The van der Waals surface area contributed by atoms with Crippen molar-refractivity contribution in [2.24, 2.45) is 0 Å². The van der Waals surface area contributed by atoms with Gasteiger partial charge in [-0.15, -0.1) is 0 Å². The number of methoxy groups -OCH3 is 2. The van der Waals surface area contributed by atoms with Gasteiger partial charge < -0.3 is 14.8 Å². The van der Waals surface area contributed by atoms with Crippen LogP contribution in [0.5, 0.6) is 5.75 Å². The number of benzene rings is 1. The zero-order valence-electron chi connectivity index (χ0n) is 11.9. The molecule has 0 atom stereocenters.